The van der Waals surface area contributed by atoms with Gasteiger partial charge in [0.1, 0.15) is 11.9 Å². The van der Waals surface area contributed by atoms with Crippen LogP contribution in [0.25, 0.3) is 10.9 Å². The van der Waals surface area contributed by atoms with Crippen LogP contribution < -0.4 is 0 Å². The van der Waals surface area contributed by atoms with Crippen molar-refractivity contribution in [2.45, 2.75) is 31.1 Å². The number of hydrogen-bond donors (Lipinski definition) is 1. The number of amides is 2. The Morgan fingerprint density at radius 3 is 2.75 bits per heavy atom. The van der Waals surface area contributed by atoms with E-state index >= 15 is 0 Å². The van der Waals surface area contributed by atoms with E-state index in [4.69, 9.17) is 9.73 Å². The van der Waals surface area contributed by atoms with Crippen molar-refractivity contribution in [3.05, 3.63) is 65.9 Å². The monoisotopic (exact) mass is 501 g/mol. The Hall–Kier alpha value is -3.43. The highest BCUT2D eigenvalue weighted by atomic mass is 32.2. The van der Waals surface area contributed by atoms with Crippen LogP contribution in [0.3, 0.4) is 0 Å². The summed E-state index contributed by atoms with van der Waals surface area (Å²) in [7, 11) is 0. The molecule has 1 aromatic heterocycles. The van der Waals surface area contributed by atoms with Crippen molar-refractivity contribution in [1.29, 1.82) is 0 Å². The number of nitrogens with one attached hydrogen (secondary N) is 1. The number of aliphatic imine (C=N–C) groups is 2. The second-order valence-electron chi connectivity index (χ2n) is 9.09. The van der Waals surface area contributed by atoms with E-state index in [0.29, 0.717) is 50.1 Å². The second-order valence-corrected chi connectivity index (χ2v) is 10.3. The number of morpholine rings is 1. The molecule has 36 heavy (non-hydrogen) atoms. The van der Waals surface area contributed by atoms with Gasteiger partial charge in [-0.05, 0) is 30.2 Å². The number of rotatable bonds is 5. The molecule has 0 radical (unpaired) electrons. The molecule has 2 amide bonds. The zero-order chi connectivity index (χ0) is 24.6. The fourth-order valence-corrected chi connectivity index (χ4v) is 6.16. The molecule has 2 unspecified atom stereocenters. The molecule has 0 saturated carbocycles. The lowest BCUT2D eigenvalue weighted by molar-refractivity contribution is -0.134. The number of benzene rings is 2. The molecule has 1 saturated heterocycles. The Bertz CT molecular complexity index is 1390. The lowest BCUT2D eigenvalue weighted by Crippen LogP contribution is -2.48. The highest BCUT2D eigenvalue weighted by Gasteiger charge is 2.43. The smallest absolute Gasteiger partial charge is 0.271 e. The van der Waals surface area contributed by atoms with Gasteiger partial charge in [-0.15, -0.1) is 0 Å². The fraction of sp³-hybridized carbons (Fsp3) is 0.333. The van der Waals surface area contributed by atoms with Gasteiger partial charge in [0, 0.05) is 42.2 Å². The van der Waals surface area contributed by atoms with Gasteiger partial charge in [-0.3, -0.25) is 14.5 Å². The number of hydrogen-bond acceptors (Lipinski definition) is 6. The number of H-pyrrole nitrogens is 1. The van der Waals surface area contributed by atoms with Gasteiger partial charge in [-0.25, -0.2) is 4.99 Å². The second kappa shape index (κ2) is 9.55. The molecule has 184 valence electrons. The average molecular weight is 502 g/mol. The molecule has 2 atom stereocenters. The van der Waals surface area contributed by atoms with Gasteiger partial charge in [0.15, 0.2) is 5.17 Å². The molecular formula is C27H27N5O3S. The summed E-state index contributed by atoms with van der Waals surface area (Å²) in [4.78, 5) is 43.2. The summed E-state index contributed by atoms with van der Waals surface area (Å²) in [5.41, 5.74) is 3.70. The summed E-state index contributed by atoms with van der Waals surface area (Å²) in [6, 6.07) is 15.3. The molecule has 6 rings (SSSR count). The molecule has 0 spiro atoms. The van der Waals surface area contributed by atoms with Gasteiger partial charge in [0.25, 0.3) is 5.91 Å². The zero-order valence-electron chi connectivity index (χ0n) is 20.0. The molecule has 3 aliphatic heterocycles. The van der Waals surface area contributed by atoms with Crippen LogP contribution >= 0.6 is 11.8 Å². The van der Waals surface area contributed by atoms with E-state index in [1.165, 1.54) is 11.8 Å². The maximum absolute atomic E-state index is 13.4. The molecule has 0 bridgehead atoms. The first-order valence-electron chi connectivity index (χ1n) is 12.3. The Morgan fingerprint density at radius 2 is 1.92 bits per heavy atom. The molecule has 3 aliphatic rings. The van der Waals surface area contributed by atoms with Crippen LogP contribution in [-0.4, -0.2) is 75.2 Å². The number of carbonyl (C=O) groups excluding carboxylic acids is 2. The number of ether oxygens (including phenoxy) is 1. The van der Waals surface area contributed by atoms with Gasteiger partial charge in [0.2, 0.25) is 5.91 Å². The van der Waals surface area contributed by atoms with Crippen LogP contribution in [0.1, 0.15) is 24.5 Å². The van der Waals surface area contributed by atoms with Gasteiger partial charge in [-0.2, -0.15) is 4.99 Å². The first-order valence-corrected chi connectivity index (χ1v) is 13.2. The molecule has 1 fully saturated rings. The number of nitrogens with zero attached hydrogens (tertiary/aromatic N) is 4. The van der Waals surface area contributed by atoms with E-state index in [1.54, 1.807) is 0 Å². The van der Waals surface area contributed by atoms with Crippen molar-refractivity contribution in [3.8, 4) is 0 Å². The molecule has 9 heteroatoms. The number of aromatic amines is 1. The Labute approximate surface area is 213 Å². The number of carbonyl (C=O) groups is 2. The highest BCUT2D eigenvalue weighted by molar-refractivity contribution is 8.15. The normalized spacial score (nSPS) is 20.1. The molecule has 0 aliphatic carbocycles. The predicted octanol–water partition coefficient (Wildman–Crippen LogP) is 3.74. The number of aromatic nitrogens is 1. The predicted molar refractivity (Wildman–Crippen MR) is 142 cm³/mol. The summed E-state index contributed by atoms with van der Waals surface area (Å²) in [6.45, 7) is 4.34. The Morgan fingerprint density at radius 1 is 1.14 bits per heavy atom. The van der Waals surface area contributed by atoms with E-state index in [9.17, 15) is 9.59 Å². The minimum absolute atomic E-state index is 0.0875. The van der Waals surface area contributed by atoms with Crippen molar-refractivity contribution in [2.75, 3.05) is 26.3 Å². The largest absolute Gasteiger partial charge is 0.378 e. The van der Waals surface area contributed by atoms with Crippen molar-refractivity contribution in [3.63, 3.8) is 0 Å². The molecular weight excluding hydrogens is 474 g/mol. The van der Waals surface area contributed by atoms with Gasteiger partial charge >= 0.3 is 0 Å². The number of amidine groups is 2. The van der Waals surface area contributed by atoms with Gasteiger partial charge < -0.3 is 14.6 Å². The van der Waals surface area contributed by atoms with E-state index in [1.807, 2.05) is 65.4 Å². The third kappa shape index (κ3) is 4.02. The van der Waals surface area contributed by atoms with Gasteiger partial charge in [-0.1, -0.05) is 49.0 Å². The van der Waals surface area contributed by atoms with Gasteiger partial charge in [0.05, 0.1) is 24.2 Å². The van der Waals surface area contributed by atoms with E-state index in [0.717, 1.165) is 27.7 Å². The standard InChI is InChI=1S/C27H27N5O3S/c1-2-23(26(34)31-11-13-35-14-12-31)36-27-29-21-10-6-4-8-19(21)24-30-25(33)22(32(24)27)15-17-16-28-20-9-5-3-7-18(17)20/h3-10,16,22-23,28H,2,11-15H2,1H3. The van der Waals surface area contributed by atoms with Crippen LogP contribution in [0.4, 0.5) is 5.69 Å². The third-order valence-electron chi connectivity index (χ3n) is 6.91. The number of para-hydroxylation sites is 2. The summed E-state index contributed by atoms with van der Waals surface area (Å²) < 4.78 is 5.43. The minimum atomic E-state index is -0.519. The molecule has 2 aromatic carbocycles. The van der Waals surface area contributed by atoms with Crippen LogP contribution in [0.5, 0.6) is 0 Å². The van der Waals surface area contributed by atoms with Crippen molar-refractivity contribution < 1.29 is 14.3 Å². The summed E-state index contributed by atoms with van der Waals surface area (Å²) in [6.07, 6.45) is 3.11. The molecule has 1 N–H and O–H groups in total. The molecule has 3 aromatic rings. The van der Waals surface area contributed by atoms with Crippen molar-refractivity contribution in [1.82, 2.24) is 14.8 Å². The van der Waals surface area contributed by atoms with Crippen LogP contribution in [0.2, 0.25) is 0 Å². The molecule has 4 heterocycles. The summed E-state index contributed by atoms with van der Waals surface area (Å²) >= 11 is 1.43. The first-order chi connectivity index (χ1) is 17.6. The Kier molecular flexibility index (Phi) is 6.10. The van der Waals surface area contributed by atoms with E-state index in [2.05, 4.69) is 16.0 Å². The summed E-state index contributed by atoms with van der Waals surface area (Å²) in [5, 5.41) is 1.44. The maximum Gasteiger partial charge on any atom is 0.271 e. The number of fused-ring (bicyclic) bond motifs is 4. The van der Waals surface area contributed by atoms with E-state index in [-0.39, 0.29) is 17.1 Å². The van der Waals surface area contributed by atoms with E-state index < -0.39 is 6.04 Å². The summed E-state index contributed by atoms with van der Waals surface area (Å²) in [5.74, 6) is 0.518. The van der Waals surface area contributed by atoms with Crippen LogP contribution in [0.15, 0.2) is 64.7 Å². The Balaban J connectivity index is 1.35. The first kappa shape index (κ1) is 23.0. The lowest BCUT2D eigenvalue weighted by atomic mass is 10.0. The highest BCUT2D eigenvalue weighted by Crippen LogP contribution is 2.37. The topological polar surface area (TPSA) is 90.4 Å². The SMILES string of the molecule is CCC(SC1=Nc2ccccc2C2=NC(=O)C(Cc3c[nH]c4ccccc34)N12)C(=O)N1CCOCC1. The quantitative estimate of drug-likeness (QED) is 0.575. The molecule has 8 nitrogen and oxygen atoms in total. The van der Waals surface area contributed by atoms with Crippen molar-refractivity contribution >= 4 is 51.2 Å². The van der Waals surface area contributed by atoms with Crippen LogP contribution in [0, 0.1) is 0 Å². The van der Waals surface area contributed by atoms with Crippen LogP contribution in [-0.2, 0) is 20.7 Å². The zero-order valence-corrected chi connectivity index (χ0v) is 20.8. The maximum atomic E-state index is 13.4. The third-order valence-corrected chi connectivity index (χ3v) is 8.23. The lowest BCUT2D eigenvalue weighted by Gasteiger charge is -2.34. The van der Waals surface area contributed by atoms with Crippen molar-refractivity contribution in [2.24, 2.45) is 9.98 Å². The fourth-order valence-electron chi connectivity index (χ4n) is 5.02. The average Bonchev–Trinajstić information content (AvgIpc) is 3.48. The number of thioether (sulfide) groups is 1. The minimum Gasteiger partial charge on any atom is -0.378 e.